The molecule has 2 aliphatic heterocycles. The van der Waals surface area contributed by atoms with Gasteiger partial charge in [0.05, 0.1) is 4.90 Å². The lowest BCUT2D eigenvalue weighted by Crippen LogP contribution is -2.43. The molecular weight excluding hydrogens is 324 g/mol. The van der Waals surface area contributed by atoms with Crippen LogP contribution in [0.25, 0.3) is 0 Å². The maximum Gasteiger partial charge on any atom is 0.254 e. The van der Waals surface area contributed by atoms with Crippen molar-refractivity contribution in [3.05, 3.63) is 29.8 Å². The number of likely N-dealkylation sites (tertiary alicyclic amines) is 1. The lowest BCUT2D eigenvalue weighted by Gasteiger charge is -2.35. The van der Waals surface area contributed by atoms with Crippen LogP contribution >= 0.6 is 0 Å². The van der Waals surface area contributed by atoms with Gasteiger partial charge in [0.15, 0.2) is 0 Å². The van der Waals surface area contributed by atoms with Gasteiger partial charge in [0, 0.05) is 31.2 Å². The summed E-state index contributed by atoms with van der Waals surface area (Å²) in [6.07, 6.45) is 5.97. The molecule has 0 saturated carbocycles. The van der Waals surface area contributed by atoms with Crippen molar-refractivity contribution in [2.75, 3.05) is 19.6 Å². The molecule has 24 heavy (non-hydrogen) atoms. The zero-order chi connectivity index (χ0) is 17.2. The Labute approximate surface area is 144 Å². The van der Waals surface area contributed by atoms with E-state index in [0.717, 1.165) is 45.1 Å². The van der Waals surface area contributed by atoms with E-state index in [2.05, 4.69) is 6.92 Å². The summed E-state index contributed by atoms with van der Waals surface area (Å²) in [6.45, 7) is 4.01. The fraction of sp³-hybridized carbons (Fsp3) is 0.611. The van der Waals surface area contributed by atoms with E-state index in [1.54, 1.807) is 24.3 Å². The number of benzene rings is 1. The van der Waals surface area contributed by atoms with Gasteiger partial charge in [-0.3, -0.25) is 4.79 Å². The van der Waals surface area contributed by atoms with Crippen LogP contribution in [0.3, 0.4) is 0 Å². The van der Waals surface area contributed by atoms with Gasteiger partial charge in [-0.25, -0.2) is 8.42 Å². The minimum atomic E-state index is -3.48. The summed E-state index contributed by atoms with van der Waals surface area (Å²) in [4.78, 5) is 15.0. The second-order valence-corrected chi connectivity index (χ2v) is 8.63. The van der Waals surface area contributed by atoms with Gasteiger partial charge in [-0.15, -0.1) is 0 Å². The molecule has 2 fully saturated rings. The third kappa shape index (κ3) is 3.35. The average molecular weight is 350 g/mol. The highest BCUT2D eigenvalue weighted by Gasteiger charge is 2.30. The van der Waals surface area contributed by atoms with E-state index in [0.29, 0.717) is 18.7 Å². The molecule has 0 bridgehead atoms. The van der Waals surface area contributed by atoms with Crippen LogP contribution in [0, 0.1) is 0 Å². The van der Waals surface area contributed by atoms with E-state index in [9.17, 15) is 13.2 Å². The Hall–Kier alpha value is -1.40. The van der Waals surface area contributed by atoms with Crippen molar-refractivity contribution in [1.29, 1.82) is 0 Å². The summed E-state index contributed by atoms with van der Waals surface area (Å²) < 4.78 is 26.9. The third-order valence-corrected chi connectivity index (χ3v) is 7.04. The lowest BCUT2D eigenvalue weighted by atomic mass is 9.99. The van der Waals surface area contributed by atoms with E-state index < -0.39 is 10.0 Å². The summed E-state index contributed by atoms with van der Waals surface area (Å²) in [6, 6.07) is 6.83. The molecule has 132 valence electrons. The Morgan fingerprint density at radius 1 is 1.12 bits per heavy atom. The molecule has 5 nitrogen and oxygen atoms in total. The van der Waals surface area contributed by atoms with E-state index in [1.165, 1.54) is 4.31 Å². The average Bonchev–Trinajstić information content (AvgIpc) is 3.16. The van der Waals surface area contributed by atoms with Gasteiger partial charge < -0.3 is 4.90 Å². The third-order valence-electron chi connectivity index (χ3n) is 5.14. The van der Waals surface area contributed by atoms with Gasteiger partial charge in [0.2, 0.25) is 10.0 Å². The SMILES string of the molecule is CCC1CCCCN1C(=O)c1cccc(S(=O)(=O)N2CCCC2)c1. The Morgan fingerprint density at radius 3 is 2.54 bits per heavy atom. The fourth-order valence-electron chi connectivity index (χ4n) is 3.73. The zero-order valence-electron chi connectivity index (χ0n) is 14.3. The first-order chi connectivity index (χ1) is 11.5. The van der Waals surface area contributed by atoms with Gasteiger partial charge in [-0.1, -0.05) is 13.0 Å². The maximum atomic E-state index is 12.9. The quantitative estimate of drug-likeness (QED) is 0.839. The standard InChI is InChI=1S/C18H26N2O3S/c1-2-16-9-3-4-13-20(16)18(21)15-8-7-10-17(14-15)24(22,23)19-11-5-6-12-19/h7-8,10,14,16H,2-6,9,11-13H2,1H3. The Kier molecular flexibility index (Phi) is 5.25. The van der Waals surface area contributed by atoms with Crippen molar-refractivity contribution in [3.63, 3.8) is 0 Å². The van der Waals surface area contributed by atoms with Crippen LogP contribution in [-0.2, 0) is 10.0 Å². The number of amides is 1. The number of hydrogen-bond acceptors (Lipinski definition) is 3. The molecule has 2 aliphatic rings. The van der Waals surface area contributed by atoms with Crippen molar-refractivity contribution in [1.82, 2.24) is 9.21 Å². The number of piperidine rings is 1. The molecule has 1 unspecified atom stereocenters. The highest BCUT2D eigenvalue weighted by Crippen LogP contribution is 2.25. The van der Waals surface area contributed by atoms with Crippen LogP contribution in [0.5, 0.6) is 0 Å². The number of carbonyl (C=O) groups excluding carboxylic acids is 1. The van der Waals surface area contributed by atoms with Crippen molar-refractivity contribution in [3.8, 4) is 0 Å². The van der Waals surface area contributed by atoms with E-state index in [-0.39, 0.29) is 16.8 Å². The van der Waals surface area contributed by atoms with Gasteiger partial charge >= 0.3 is 0 Å². The Morgan fingerprint density at radius 2 is 1.83 bits per heavy atom. The van der Waals surface area contributed by atoms with E-state index >= 15 is 0 Å². The summed E-state index contributed by atoms with van der Waals surface area (Å²) >= 11 is 0. The molecule has 2 heterocycles. The fourth-order valence-corrected chi connectivity index (χ4v) is 5.29. The lowest BCUT2D eigenvalue weighted by molar-refractivity contribution is 0.0608. The van der Waals surface area contributed by atoms with Crippen LogP contribution < -0.4 is 0 Å². The Balaban J connectivity index is 1.86. The van der Waals surface area contributed by atoms with Gasteiger partial charge in [0.25, 0.3) is 5.91 Å². The molecule has 1 amide bonds. The van der Waals surface area contributed by atoms with Crippen molar-refractivity contribution in [2.24, 2.45) is 0 Å². The predicted octanol–water partition coefficient (Wildman–Crippen LogP) is 2.88. The first-order valence-corrected chi connectivity index (χ1v) is 10.4. The number of carbonyl (C=O) groups is 1. The minimum absolute atomic E-state index is 0.0416. The highest BCUT2D eigenvalue weighted by atomic mass is 32.2. The van der Waals surface area contributed by atoms with Gasteiger partial charge in [0.1, 0.15) is 0 Å². The molecule has 0 spiro atoms. The van der Waals surface area contributed by atoms with Crippen molar-refractivity contribution >= 4 is 15.9 Å². The number of rotatable bonds is 4. The monoisotopic (exact) mass is 350 g/mol. The van der Waals surface area contributed by atoms with Gasteiger partial charge in [-0.2, -0.15) is 4.31 Å². The predicted molar refractivity (Wildman–Crippen MR) is 93.4 cm³/mol. The van der Waals surface area contributed by atoms with Crippen LogP contribution in [-0.4, -0.2) is 49.2 Å². The molecular formula is C18H26N2O3S. The van der Waals surface area contributed by atoms with Gasteiger partial charge in [-0.05, 0) is 56.7 Å². The van der Waals surface area contributed by atoms with Crippen LogP contribution in [0.1, 0.15) is 55.8 Å². The molecule has 2 saturated heterocycles. The second-order valence-electron chi connectivity index (χ2n) is 6.70. The summed E-state index contributed by atoms with van der Waals surface area (Å²) in [5.41, 5.74) is 0.482. The smallest absolute Gasteiger partial charge is 0.254 e. The molecule has 0 radical (unpaired) electrons. The van der Waals surface area contributed by atoms with Crippen LogP contribution in [0.4, 0.5) is 0 Å². The number of nitrogens with zero attached hydrogens (tertiary/aromatic N) is 2. The van der Waals surface area contributed by atoms with E-state index in [1.807, 2.05) is 4.90 Å². The number of sulfonamides is 1. The summed E-state index contributed by atoms with van der Waals surface area (Å²) in [5.74, 6) is -0.0416. The number of hydrogen-bond donors (Lipinski definition) is 0. The molecule has 0 aliphatic carbocycles. The molecule has 3 rings (SSSR count). The zero-order valence-corrected chi connectivity index (χ0v) is 15.1. The molecule has 0 N–H and O–H groups in total. The molecule has 1 aromatic carbocycles. The maximum absolute atomic E-state index is 12.9. The molecule has 1 atom stereocenters. The molecule has 1 aromatic rings. The summed E-state index contributed by atoms with van der Waals surface area (Å²) in [5, 5.41) is 0. The minimum Gasteiger partial charge on any atom is -0.336 e. The molecule has 0 aromatic heterocycles. The normalized spacial score (nSPS) is 22.7. The summed E-state index contributed by atoms with van der Waals surface area (Å²) in [7, 11) is -3.48. The highest BCUT2D eigenvalue weighted by molar-refractivity contribution is 7.89. The first-order valence-electron chi connectivity index (χ1n) is 8.95. The molecule has 6 heteroatoms. The second kappa shape index (κ2) is 7.23. The van der Waals surface area contributed by atoms with Crippen LogP contribution in [0.15, 0.2) is 29.2 Å². The topological polar surface area (TPSA) is 57.7 Å². The van der Waals surface area contributed by atoms with Crippen molar-refractivity contribution in [2.45, 2.75) is 56.4 Å². The Bertz CT molecular complexity index is 696. The van der Waals surface area contributed by atoms with E-state index in [4.69, 9.17) is 0 Å². The largest absolute Gasteiger partial charge is 0.336 e. The van der Waals surface area contributed by atoms with Crippen LogP contribution in [0.2, 0.25) is 0 Å². The first kappa shape index (κ1) is 17.4. The van der Waals surface area contributed by atoms with Crippen molar-refractivity contribution < 1.29 is 13.2 Å².